The Hall–Kier alpha value is -3.21. The van der Waals surface area contributed by atoms with E-state index in [1.165, 1.54) is 24.3 Å². The molecule has 0 spiro atoms. The van der Waals surface area contributed by atoms with Crippen molar-refractivity contribution in [2.75, 3.05) is 6.61 Å². The minimum atomic E-state index is -0.804. The van der Waals surface area contributed by atoms with Crippen molar-refractivity contribution in [3.05, 3.63) is 95.6 Å². The van der Waals surface area contributed by atoms with E-state index in [2.05, 4.69) is 10.3 Å². The van der Waals surface area contributed by atoms with E-state index in [9.17, 15) is 9.18 Å². The molecular formula is C21H17FN2O2. The van der Waals surface area contributed by atoms with Crippen LogP contribution in [0, 0.1) is 5.82 Å². The lowest BCUT2D eigenvalue weighted by atomic mass is 9.81. The second-order valence-corrected chi connectivity index (χ2v) is 6.18. The van der Waals surface area contributed by atoms with E-state index in [1.807, 2.05) is 42.5 Å². The summed E-state index contributed by atoms with van der Waals surface area (Å²) in [6, 6.07) is 18.9. The van der Waals surface area contributed by atoms with Gasteiger partial charge in [-0.2, -0.15) is 0 Å². The highest BCUT2D eigenvalue weighted by molar-refractivity contribution is 5.95. The lowest BCUT2D eigenvalue weighted by Gasteiger charge is -2.39. The van der Waals surface area contributed by atoms with Crippen molar-refractivity contribution in [3.63, 3.8) is 0 Å². The first-order valence-electron chi connectivity index (χ1n) is 8.41. The topological polar surface area (TPSA) is 51.2 Å². The van der Waals surface area contributed by atoms with Crippen LogP contribution in [0.25, 0.3) is 0 Å². The third-order valence-electron chi connectivity index (χ3n) is 4.61. The molecule has 5 heteroatoms. The fraction of sp³-hybridized carbons (Fsp3) is 0.143. The molecule has 1 N–H and O–H groups in total. The van der Waals surface area contributed by atoms with Crippen LogP contribution in [-0.2, 0) is 5.54 Å². The minimum Gasteiger partial charge on any atom is -0.491 e. The van der Waals surface area contributed by atoms with Gasteiger partial charge < -0.3 is 10.1 Å². The highest BCUT2D eigenvalue weighted by Gasteiger charge is 2.42. The van der Waals surface area contributed by atoms with Gasteiger partial charge in [0.15, 0.2) is 0 Å². The van der Waals surface area contributed by atoms with Crippen molar-refractivity contribution >= 4 is 5.91 Å². The van der Waals surface area contributed by atoms with E-state index in [1.54, 1.807) is 6.20 Å². The molecule has 1 aromatic heterocycles. The monoisotopic (exact) mass is 348 g/mol. The summed E-state index contributed by atoms with van der Waals surface area (Å²) in [7, 11) is 0. The first kappa shape index (κ1) is 16.3. The molecule has 0 bridgehead atoms. The molecule has 0 saturated heterocycles. The lowest BCUT2D eigenvalue weighted by Crippen LogP contribution is -2.50. The van der Waals surface area contributed by atoms with Crippen molar-refractivity contribution < 1.29 is 13.9 Å². The molecule has 1 atom stereocenters. The second kappa shape index (κ2) is 6.59. The Morgan fingerprint density at radius 1 is 1.04 bits per heavy atom. The summed E-state index contributed by atoms with van der Waals surface area (Å²) < 4.78 is 18.9. The third-order valence-corrected chi connectivity index (χ3v) is 4.61. The van der Waals surface area contributed by atoms with Gasteiger partial charge in [-0.1, -0.05) is 30.3 Å². The number of carbonyl (C=O) groups is 1. The van der Waals surface area contributed by atoms with Gasteiger partial charge in [0, 0.05) is 18.2 Å². The number of hydrogen-bond acceptors (Lipinski definition) is 3. The molecule has 130 valence electrons. The molecule has 1 aliphatic heterocycles. The molecule has 0 radical (unpaired) electrons. The molecule has 1 aliphatic rings. The highest BCUT2D eigenvalue weighted by Crippen LogP contribution is 2.40. The number of benzene rings is 2. The number of halogens is 1. The van der Waals surface area contributed by atoms with Crippen LogP contribution >= 0.6 is 0 Å². The number of ether oxygens (including phenoxy) is 1. The highest BCUT2D eigenvalue weighted by atomic mass is 19.1. The van der Waals surface area contributed by atoms with E-state index in [4.69, 9.17) is 4.74 Å². The zero-order chi connectivity index (χ0) is 18.0. The van der Waals surface area contributed by atoms with Crippen molar-refractivity contribution in [1.82, 2.24) is 10.3 Å². The predicted octanol–water partition coefficient (Wildman–Crippen LogP) is 3.68. The zero-order valence-electron chi connectivity index (χ0n) is 14.0. The molecule has 0 aliphatic carbocycles. The summed E-state index contributed by atoms with van der Waals surface area (Å²) in [6.07, 6.45) is 2.24. The van der Waals surface area contributed by atoms with E-state index >= 15 is 0 Å². The van der Waals surface area contributed by atoms with Crippen molar-refractivity contribution in [2.24, 2.45) is 0 Å². The molecule has 2 heterocycles. The molecule has 0 fully saturated rings. The maximum atomic E-state index is 13.2. The van der Waals surface area contributed by atoms with Crippen LogP contribution in [-0.4, -0.2) is 17.5 Å². The largest absolute Gasteiger partial charge is 0.491 e. The van der Waals surface area contributed by atoms with Crippen LogP contribution in [0.3, 0.4) is 0 Å². The number of nitrogens with zero attached hydrogens (tertiary/aromatic N) is 1. The second-order valence-electron chi connectivity index (χ2n) is 6.18. The molecule has 1 amide bonds. The van der Waals surface area contributed by atoms with Crippen LogP contribution < -0.4 is 10.1 Å². The Kier molecular flexibility index (Phi) is 4.13. The summed E-state index contributed by atoms with van der Waals surface area (Å²) in [4.78, 5) is 17.4. The molecule has 3 aromatic rings. The number of hydrogen-bond donors (Lipinski definition) is 1. The number of amides is 1. The van der Waals surface area contributed by atoms with Gasteiger partial charge in [0.05, 0.1) is 6.61 Å². The fourth-order valence-corrected chi connectivity index (χ4v) is 3.32. The first-order chi connectivity index (χ1) is 12.7. The van der Waals surface area contributed by atoms with Crippen LogP contribution in [0.4, 0.5) is 4.39 Å². The van der Waals surface area contributed by atoms with Crippen LogP contribution in [0.5, 0.6) is 5.75 Å². The lowest BCUT2D eigenvalue weighted by molar-refractivity contribution is 0.0883. The van der Waals surface area contributed by atoms with E-state index in [0.29, 0.717) is 30.0 Å². The Balaban J connectivity index is 1.81. The van der Waals surface area contributed by atoms with E-state index < -0.39 is 5.54 Å². The fourth-order valence-electron chi connectivity index (χ4n) is 3.32. The summed E-state index contributed by atoms with van der Waals surface area (Å²) in [5.41, 5.74) is 1.19. The SMILES string of the molecule is O=C(NC1(c2ccccc2)CCOc2cccnc21)c1ccc(F)cc1. The van der Waals surface area contributed by atoms with Gasteiger partial charge in [-0.15, -0.1) is 0 Å². The van der Waals surface area contributed by atoms with Crippen molar-refractivity contribution in [3.8, 4) is 5.75 Å². The summed E-state index contributed by atoms with van der Waals surface area (Å²) in [5, 5.41) is 3.14. The molecule has 4 rings (SSSR count). The first-order valence-corrected chi connectivity index (χ1v) is 8.41. The normalized spacial score (nSPS) is 18.5. The number of fused-ring (bicyclic) bond motifs is 1. The van der Waals surface area contributed by atoms with Gasteiger partial charge in [0.25, 0.3) is 5.91 Å². The number of carbonyl (C=O) groups excluding carboxylic acids is 1. The third kappa shape index (κ3) is 2.81. The molecule has 26 heavy (non-hydrogen) atoms. The number of rotatable bonds is 3. The molecule has 0 saturated carbocycles. The van der Waals surface area contributed by atoms with Crippen LogP contribution in [0.15, 0.2) is 72.9 Å². The van der Waals surface area contributed by atoms with Crippen molar-refractivity contribution in [2.45, 2.75) is 12.0 Å². The standard InChI is InChI=1S/C21H17FN2O2/c22-17-10-8-15(9-11-17)20(25)24-21(16-5-2-1-3-6-16)12-14-26-18-7-4-13-23-19(18)21/h1-11,13H,12,14H2,(H,24,25). The minimum absolute atomic E-state index is 0.285. The van der Waals surface area contributed by atoms with Crippen molar-refractivity contribution in [1.29, 1.82) is 0 Å². The van der Waals surface area contributed by atoms with Gasteiger partial charge in [0.1, 0.15) is 22.8 Å². The van der Waals surface area contributed by atoms with Gasteiger partial charge in [-0.3, -0.25) is 9.78 Å². The summed E-state index contributed by atoms with van der Waals surface area (Å²) in [6.45, 7) is 0.456. The summed E-state index contributed by atoms with van der Waals surface area (Å²) in [5.74, 6) is -0.00762. The number of pyridine rings is 1. The van der Waals surface area contributed by atoms with Gasteiger partial charge in [0.2, 0.25) is 0 Å². The molecular weight excluding hydrogens is 331 g/mol. The average Bonchev–Trinajstić information content (AvgIpc) is 2.69. The summed E-state index contributed by atoms with van der Waals surface area (Å²) >= 11 is 0. The quantitative estimate of drug-likeness (QED) is 0.786. The van der Waals surface area contributed by atoms with Gasteiger partial charge in [-0.25, -0.2) is 4.39 Å². The number of aromatic nitrogens is 1. The average molecular weight is 348 g/mol. The Morgan fingerprint density at radius 3 is 2.58 bits per heavy atom. The molecule has 1 unspecified atom stereocenters. The molecule has 4 nitrogen and oxygen atoms in total. The zero-order valence-corrected chi connectivity index (χ0v) is 14.0. The predicted molar refractivity (Wildman–Crippen MR) is 95.4 cm³/mol. The van der Waals surface area contributed by atoms with E-state index in [-0.39, 0.29) is 11.7 Å². The smallest absolute Gasteiger partial charge is 0.252 e. The van der Waals surface area contributed by atoms with Crippen LogP contribution in [0.2, 0.25) is 0 Å². The van der Waals surface area contributed by atoms with Gasteiger partial charge in [-0.05, 0) is 42.0 Å². The maximum absolute atomic E-state index is 13.2. The number of nitrogens with one attached hydrogen (secondary N) is 1. The Labute approximate surface area is 150 Å². The Bertz CT molecular complexity index is 928. The maximum Gasteiger partial charge on any atom is 0.252 e. The van der Waals surface area contributed by atoms with Gasteiger partial charge >= 0.3 is 0 Å². The van der Waals surface area contributed by atoms with E-state index in [0.717, 1.165) is 5.56 Å². The Morgan fingerprint density at radius 2 is 1.81 bits per heavy atom. The van der Waals surface area contributed by atoms with Crippen LogP contribution in [0.1, 0.15) is 28.0 Å². The molecule has 2 aromatic carbocycles.